The summed E-state index contributed by atoms with van der Waals surface area (Å²) in [6, 6.07) is 1.49. The minimum atomic E-state index is -0.255. The zero-order valence-corrected chi connectivity index (χ0v) is 11.7. The highest BCUT2D eigenvalue weighted by Gasteiger charge is 2.15. The van der Waals surface area contributed by atoms with Crippen LogP contribution in [-0.2, 0) is 4.79 Å². The van der Waals surface area contributed by atoms with Crippen LogP contribution in [-0.4, -0.2) is 36.2 Å². The monoisotopic (exact) mass is 268 g/mol. The topological polar surface area (TPSA) is 87.5 Å². The van der Waals surface area contributed by atoms with E-state index in [1.165, 1.54) is 11.8 Å². The Morgan fingerprint density at radius 2 is 2.16 bits per heavy atom. The molecule has 0 aromatic carbocycles. The molecule has 0 unspecified atom stereocenters. The van der Waals surface area contributed by atoms with Gasteiger partial charge in [-0.25, -0.2) is 4.79 Å². The van der Waals surface area contributed by atoms with Crippen LogP contribution < -0.4 is 15.5 Å². The van der Waals surface area contributed by atoms with Crippen molar-refractivity contribution >= 4 is 17.8 Å². The summed E-state index contributed by atoms with van der Waals surface area (Å²) in [6.45, 7) is 7.62. The zero-order chi connectivity index (χ0) is 14.4. The average Bonchev–Trinajstić information content (AvgIpc) is 2.69. The van der Waals surface area contributed by atoms with Gasteiger partial charge < -0.3 is 15.2 Å². The Morgan fingerprint density at radius 3 is 2.63 bits per heavy atom. The van der Waals surface area contributed by atoms with Crippen LogP contribution in [0.15, 0.2) is 10.6 Å². The number of hydrogen-bond acceptors (Lipinski definition) is 4. The van der Waals surface area contributed by atoms with E-state index in [-0.39, 0.29) is 18.0 Å². The average molecular weight is 268 g/mol. The highest BCUT2D eigenvalue weighted by atomic mass is 16.5. The van der Waals surface area contributed by atoms with E-state index < -0.39 is 0 Å². The molecule has 1 aromatic rings. The van der Waals surface area contributed by atoms with Crippen LogP contribution in [0.2, 0.25) is 0 Å². The minimum absolute atomic E-state index is 0.0714. The maximum atomic E-state index is 11.5. The third-order valence-electron chi connectivity index (χ3n) is 2.31. The number of anilines is 1. The predicted octanol–water partition coefficient (Wildman–Crippen LogP) is 1.04. The van der Waals surface area contributed by atoms with Crippen molar-refractivity contribution in [3.63, 3.8) is 0 Å². The van der Waals surface area contributed by atoms with Crippen molar-refractivity contribution in [2.75, 3.05) is 18.0 Å². The first kappa shape index (κ1) is 15.0. The van der Waals surface area contributed by atoms with Crippen molar-refractivity contribution in [1.29, 1.82) is 0 Å². The third-order valence-corrected chi connectivity index (χ3v) is 2.31. The van der Waals surface area contributed by atoms with E-state index in [0.717, 1.165) is 0 Å². The summed E-state index contributed by atoms with van der Waals surface area (Å²) in [5, 5.41) is 9.16. The fourth-order valence-corrected chi connectivity index (χ4v) is 1.51. The number of urea groups is 1. The minimum Gasteiger partial charge on any atom is -0.360 e. The lowest BCUT2D eigenvalue weighted by Crippen LogP contribution is -2.43. The molecule has 1 rings (SSSR count). The van der Waals surface area contributed by atoms with Crippen LogP contribution in [0.5, 0.6) is 0 Å². The molecule has 0 spiro atoms. The molecular formula is C12H20N4O3. The van der Waals surface area contributed by atoms with E-state index in [0.29, 0.717) is 24.7 Å². The summed E-state index contributed by atoms with van der Waals surface area (Å²) in [7, 11) is 0. The molecule has 0 aliphatic carbocycles. The highest BCUT2D eigenvalue weighted by molar-refractivity contribution is 5.90. The first-order valence-corrected chi connectivity index (χ1v) is 6.16. The second-order valence-electron chi connectivity index (χ2n) is 4.52. The molecule has 7 heteroatoms. The summed E-state index contributed by atoms with van der Waals surface area (Å²) in [6.07, 6.45) is 0. The van der Waals surface area contributed by atoms with Crippen molar-refractivity contribution < 1.29 is 14.1 Å². The Bertz CT molecular complexity index is 442. The number of aryl methyl sites for hydroxylation is 1. The van der Waals surface area contributed by atoms with Crippen molar-refractivity contribution in [2.24, 2.45) is 0 Å². The van der Waals surface area contributed by atoms with Crippen LogP contribution in [0, 0.1) is 6.92 Å². The maximum absolute atomic E-state index is 11.5. The van der Waals surface area contributed by atoms with Gasteiger partial charge in [0.05, 0.1) is 0 Å². The fraction of sp³-hybridized carbons (Fsp3) is 0.583. The van der Waals surface area contributed by atoms with Gasteiger partial charge in [0.2, 0.25) is 5.91 Å². The van der Waals surface area contributed by atoms with E-state index in [1.807, 2.05) is 13.8 Å². The van der Waals surface area contributed by atoms with E-state index in [4.69, 9.17) is 4.52 Å². The van der Waals surface area contributed by atoms with Gasteiger partial charge in [-0.15, -0.1) is 0 Å². The number of nitrogens with one attached hydrogen (secondary N) is 2. The number of hydrogen-bond donors (Lipinski definition) is 2. The van der Waals surface area contributed by atoms with Crippen LogP contribution in [0.4, 0.5) is 10.6 Å². The smallest absolute Gasteiger partial charge is 0.315 e. The Hall–Kier alpha value is -2.05. The Morgan fingerprint density at radius 1 is 1.47 bits per heavy atom. The molecule has 0 fully saturated rings. The summed E-state index contributed by atoms with van der Waals surface area (Å²) >= 11 is 0. The summed E-state index contributed by atoms with van der Waals surface area (Å²) in [5.74, 6) is 0.933. The molecule has 1 heterocycles. The van der Waals surface area contributed by atoms with E-state index in [2.05, 4.69) is 15.8 Å². The number of carbonyl (C=O) groups excluding carboxylic acids is 2. The molecule has 0 atom stereocenters. The number of carbonyl (C=O) groups is 2. The molecule has 0 aliphatic rings. The van der Waals surface area contributed by atoms with Gasteiger partial charge in [-0.1, -0.05) is 5.16 Å². The quantitative estimate of drug-likeness (QED) is 0.835. The van der Waals surface area contributed by atoms with Gasteiger partial charge in [0.25, 0.3) is 0 Å². The third kappa shape index (κ3) is 4.99. The Kier molecular flexibility index (Phi) is 5.35. The lowest BCUT2D eigenvalue weighted by atomic mass is 10.4. The molecule has 7 nitrogen and oxygen atoms in total. The molecule has 0 saturated heterocycles. The molecule has 19 heavy (non-hydrogen) atoms. The fourth-order valence-electron chi connectivity index (χ4n) is 1.51. The van der Waals surface area contributed by atoms with E-state index >= 15 is 0 Å². The normalized spacial score (nSPS) is 10.4. The molecule has 106 valence electrons. The van der Waals surface area contributed by atoms with Crippen LogP contribution in [0.1, 0.15) is 26.5 Å². The standard InChI is InChI=1S/C12H20N4O3/c1-8(2)14-12(18)13-5-6-16(10(4)17)11-7-9(3)19-15-11/h7-8H,5-6H2,1-4H3,(H2,13,14,18). The van der Waals surface area contributed by atoms with Crippen molar-refractivity contribution in [2.45, 2.75) is 33.7 Å². The van der Waals surface area contributed by atoms with Gasteiger partial charge >= 0.3 is 6.03 Å². The van der Waals surface area contributed by atoms with Crippen molar-refractivity contribution in [3.8, 4) is 0 Å². The lowest BCUT2D eigenvalue weighted by Gasteiger charge is -2.18. The van der Waals surface area contributed by atoms with Crippen molar-refractivity contribution in [1.82, 2.24) is 15.8 Å². The molecule has 1 aromatic heterocycles. The molecule has 3 amide bonds. The van der Waals surface area contributed by atoms with Crippen LogP contribution >= 0.6 is 0 Å². The van der Waals surface area contributed by atoms with Gasteiger partial charge in [0.15, 0.2) is 5.82 Å². The molecular weight excluding hydrogens is 248 g/mol. The second-order valence-corrected chi connectivity index (χ2v) is 4.52. The summed E-state index contributed by atoms with van der Waals surface area (Å²) in [5.41, 5.74) is 0. The highest BCUT2D eigenvalue weighted by Crippen LogP contribution is 2.13. The Balaban J connectivity index is 2.48. The largest absolute Gasteiger partial charge is 0.360 e. The first-order chi connectivity index (χ1) is 8.90. The molecule has 0 saturated carbocycles. The van der Waals surface area contributed by atoms with Crippen molar-refractivity contribution in [3.05, 3.63) is 11.8 Å². The van der Waals surface area contributed by atoms with Gasteiger partial charge in [0, 0.05) is 32.1 Å². The van der Waals surface area contributed by atoms with Gasteiger partial charge in [-0.3, -0.25) is 9.69 Å². The van der Waals surface area contributed by atoms with Gasteiger partial charge in [0.1, 0.15) is 5.76 Å². The molecule has 2 N–H and O–H groups in total. The van der Waals surface area contributed by atoms with Gasteiger partial charge in [-0.05, 0) is 20.8 Å². The van der Waals surface area contributed by atoms with Gasteiger partial charge in [-0.2, -0.15) is 0 Å². The lowest BCUT2D eigenvalue weighted by molar-refractivity contribution is -0.116. The SMILES string of the molecule is CC(=O)N(CCNC(=O)NC(C)C)c1cc(C)on1. The molecule has 0 bridgehead atoms. The number of rotatable bonds is 5. The number of aromatic nitrogens is 1. The number of amides is 3. The molecule has 0 radical (unpaired) electrons. The summed E-state index contributed by atoms with van der Waals surface area (Å²) < 4.78 is 4.93. The van der Waals surface area contributed by atoms with E-state index in [9.17, 15) is 9.59 Å². The van der Waals surface area contributed by atoms with Crippen LogP contribution in [0.25, 0.3) is 0 Å². The Labute approximate surface area is 112 Å². The predicted molar refractivity (Wildman–Crippen MR) is 70.9 cm³/mol. The van der Waals surface area contributed by atoms with E-state index in [1.54, 1.807) is 13.0 Å². The first-order valence-electron chi connectivity index (χ1n) is 6.16. The van der Waals surface area contributed by atoms with Crippen LogP contribution in [0.3, 0.4) is 0 Å². The zero-order valence-electron chi connectivity index (χ0n) is 11.7. The maximum Gasteiger partial charge on any atom is 0.315 e. The number of nitrogens with zero attached hydrogens (tertiary/aromatic N) is 2. The second kappa shape index (κ2) is 6.77. The summed E-state index contributed by atoms with van der Waals surface area (Å²) in [4.78, 5) is 24.4. The molecule has 0 aliphatic heterocycles.